The monoisotopic (exact) mass is 415 g/mol. The number of nitrogens with zero attached hydrogens (tertiary/aromatic N) is 3. The van der Waals surface area contributed by atoms with Gasteiger partial charge in [0.05, 0.1) is 24.0 Å². The topological polar surface area (TPSA) is 103 Å². The van der Waals surface area contributed by atoms with Crippen LogP contribution in [0.4, 0.5) is 5.95 Å². The lowest BCUT2D eigenvalue weighted by Crippen LogP contribution is -2.24. The first-order valence-electron chi connectivity index (χ1n) is 8.79. The number of amides is 1. The highest BCUT2D eigenvalue weighted by atomic mass is 35.5. The van der Waals surface area contributed by atoms with Gasteiger partial charge in [0.15, 0.2) is 11.0 Å². The fraction of sp³-hybridized carbons (Fsp3) is 0.263. The summed E-state index contributed by atoms with van der Waals surface area (Å²) in [4.78, 5) is 24.7. The normalized spacial score (nSPS) is 12.9. The van der Waals surface area contributed by atoms with Gasteiger partial charge in [0, 0.05) is 12.1 Å². The van der Waals surface area contributed by atoms with Crippen molar-refractivity contribution in [2.75, 3.05) is 18.0 Å². The molecule has 1 aliphatic heterocycles. The molecular formula is C19H18ClN5O2S. The third-order valence-corrected chi connectivity index (χ3v) is 5.50. The molecule has 0 fully saturated rings. The number of rotatable bonds is 5. The van der Waals surface area contributed by atoms with Crippen molar-refractivity contribution < 1.29 is 9.53 Å². The number of carbonyl (C=O) groups excluding carboxylic acids is 1. The summed E-state index contributed by atoms with van der Waals surface area (Å²) < 4.78 is 5.64. The predicted molar refractivity (Wildman–Crippen MR) is 110 cm³/mol. The summed E-state index contributed by atoms with van der Waals surface area (Å²) in [5.74, 6) is 0.591. The molecule has 3 N–H and O–H groups in total. The molecule has 4 rings (SSSR count). The molecule has 2 aromatic carbocycles. The van der Waals surface area contributed by atoms with E-state index in [1.54, 1.807) is 0 Å². The van der Waals surface area contributed by atoms with Crippen molar-refractivity contribution in [3.05, 3.63) is 40.4 Å². The Morgan fingerprint density at radius 1 is 1.29 bits per heavy atom. The minimum Gasteiger partial charge on any atom is -0.372 e. The maximum Gasteiger partial charge on any atom is 0.230 e. The van der Waals surface area contributed by atoms with Crippen LogP contribution in [-0.2, 0) is 22.7 Å². The van der Waals surface area contributed by atoms with Crippen molar-refractivity contribution in [1.82, 2.24) is 20.3 Å². The minimum absolute atomic E-state index is 0.0864. The predicted octanol–water partition coefficient (Wildman–Crippen LogP) is 3.19. The van der Waals surface area contributed by atoms with Crippen molar-refractivity contribution in [2.45, 2.75) is 25.3 Å². The highest BCUT2D eigenvalue weighted by molar-refractivity contribution is 7.99. The molecule has 1 amide bonds. The van der Waals surface area contributed by atoms with Crippen LogP contribution in [0.25, 0.3) is 22.2 Å². The third-order valence-electron chi connectivity index (χ3n) is 4.36. The number of aromatic nitrogens is 3. The fourth-order valence-electron chi connectivity index (χ4n) is 3.27. The van der Waals surface area contributed by atoms with Gasteiger partial charge >= 0.3 is 0 Å². The second-order valence-corrected chi connectivity index (χ2v) is 7.62. The van der Waals surface area contributed by atoms with Gasteiger partial charge in [-0.05, 0) is 34.9 Å². The number of hydrogen-bond donors (Lipinski definition) is 2. The molecule has 3 aromatic rings. The van der Waals surface area contributed by atoms with Gasteiger partial charge in [0.25, 0.3) is 0 Å². The number of carbonyl (C=O) groups is 1. The van der Waals surface area contributed by atoms with Gasteiger partial charge in [0.2, 0.25) is 11.9 Å². The maximum atomic E-state index is 11.7. The van der Waals surface area contributed by atoms with Gasteiger partial charge in [0.1, 0.15) is 0 Å². The van der Waals surface area contributed by atoms with E-state index >= 15 is 0 Å². The molecule has 0 bridgehead atoms. The van der Waals surface area contributed by atoms with E-state index in [1.807, 2.05) is 31.2 Å². The summed E-state index contributed by atoms with van der Waals surface area (Å²) in [6.45, 7) is 3.51. The summed E-state index contributed by atoms with van der Waals surface area (Å²) in [5.41, 5.74) is 8.76. The first-order chi connectivity index (χ1) is 13.6. The van der Waals surface area contributed by atoms with Crippen molar-refractivity contribution in [3.8, 4) is 11.4 Å². The van der Waals surface area contributed by atoms with E-state index in [2.05, 4.69) is 20.3 Å². The number of nitrogens with two attached hydrogens (primary N) is 1. The smallest absolute Gasteiger partial charge is 0.230 e. The average Bonchev–Trinajstić information content (AvgIpc) is 2.66. The lowest BCUT2D eigenvalue weighted by atomic mass is 9.94. The van der Waals surface area contributed by atoms with E-state index < -0.39 is 0 Å². The maximum absolute atomic E-state index is 11.7. The van der Waals surface area contributed by atoms with E-state index in [0.717, 1.165) is 21.9 Å². The Kier molecular flexibility index (Phi) is 5.34. The highest BCUT2D eigenvalue weighted by Gasteiger charge is 2.21. The number of hydrogen-bond acceptors (Lipinski definition) is 7. The van der Waals surface area contributed by atoms with Gasteiger partial charge in [-0.25, -0.2) is 4.98 Å². The van der Waals surface area contributed by atoms with Gasteiger partial charge in [-0.15, -0.1) is 0 Å². The number of thioether (sulfide) groups is 1. The van der Waals surface area contributed by atoms with Crippen LogP contribution in [0.15, 0.2) is 29.4 Å². The Balaban J connectivity index is 1.80. The molecule has 9 heteroatoms. The van der Waals surface area contributed by atoms with E-state index in [1.165, 1.54) is 11.8 Å². The highest BCUT2D eigenvalue weighted by Crippen LogP contribution is 2.39. The Bertz CT molecular complexity index is 1080. The van der Waals surface area contributed by atoms with Crippen LogP contribution >= 0.6 is 23.4 Å². The summed E-state index contributed by atoms with van der Waals surface area (Å²) in [6, 6.07) is 7.89. The van der Waals surface area contributed by atoms with Crippen molar-refractivity contribution in [3.63, 3.8) is 0 Å². The molecule has 2 heterocycles. The molecule has 1 aliphatic rings. The lowest BCUT2D eigenvalue weighted by Gasteiger charge is -2.20. The zero-order valence-corrected chi connectivity index (χ0v) is 16.7. The van der Waals surface area contributed by atoms with Crippen LogP contribution in [0, 0.1) is 0 Å². The van der Waals surface area contributed by atoms with Crippen molar-refractivity contribution in [1.29, 1.82) is 0 Å². The molecule has 0 radical (unpaired) electrons. The minimum atomic E-state index is -0.0901. The largest absolute Gasteiger partial charge is 0.372 e. The first-order valence-corrected chi connectivity index (χ1v) is 10.1. The quantitative estimate of drug-likeness (QED) is 0.617. The molecule has 28 heavy (non-hydrogen) atoms. The number of anilines is 1. The molecular weight excluding hydrogens is 398 g/mol. The molecule has 0 aliphatic carbocycles. The lowest BCUT2D eigenvalue weighted by molar-refractivity contribution is -0.118. The van der Waals surface area contributed by atoms with E-state index in [0.29, 0.717) is 41.3 Å². The van der Waals surface area contributed by atoms with E-state index in [4.69, 9.17) is 22.1 Å². The van der Waals surface area contributed by atoms with E-state index in [-0.39, 0.29) is 17.6 Å². The Hall–Kier alpha value is -2.42. The standard InChI is InChI=1S/C19H18ClN5O2S/c1-2-22-14(26)9-28-19-24-17(23-18(21)25-19)16-12-5-3-4-10-7-27-8-11(15(10)12)6-13(16)20/h3-6H,2,7-9H2,1H3,(H,22,26)(H2,21,23,24,25). The first kappa shape index (κ1) is 18.9. The van der Waals surface area contributed by atoms with Crippen molar-refractivity contribution >= 4 is 46.0 Å². The second kappa shape index (κ2) is 7.90. The van der Waals surface area contributed by atoms with Crippen LogP contribution in [0.1, 0.15) is 18.1 Å². The number of ether oxygens (including phenoxy) is 1. The van der Waals surface area contributed by atoms with Gasteiger partial charge in [-0.3, -0.25) is 4.79 Å². The Labute approximate surface area is 171 Å². The summed E-state index contributed by atoms with van der Waals surface area (Å²) in [7, 11) is 0. The van der Waals surface area contributed by atoms with Crippen LogP contribution in [0.3, 0.4) is 0 Å². The van der Waals surface area contributed by atoms with Gasteiger partial charge in [-0.2, -0.15) is 9.97 Å². The SMILES string of the molecule is CCNC(=O)CSc1nc(N)nc(-c2c(Cl)cc3c4c(cccc24)COC3)n1. The second-order valence-electron chi connectivity index (χ2n) is 6.27. The molecule has 0 atom stereocenters. The van der Waals surface area contributed by atoms with Crippen LogP contribution < -0.4 is 11.1 Å². The summed E-state index contributed by atoms with van der Waals surface area (Å²) in [5, 5.41) is 5.71. The molecule has 1 aromatic heterocycles. The third kappa shape index (κ3) is 3.63. The summed E-state index contributed by atoms with van der Waals surface area (Å²) in [6.07, 6.45) is 0. The number of halogens is 1. The Morgan fingerprint density at radius 3 is 2.93 bits per heavy atom. The zero-order valence-electron chi connectivity index (χ0n) is 15.2. The average molecular weight is 416 g/mol. The number of nitrogen functional groups attached to an aromatic ring is 1. The number of nitrogens with one attached hydrogen (secondary N) is 1. The molecule has 144 valence electrons. The molecule has 0 spiro atoms. The van der Waals surface area contributed by atoms with Crippen LogP contribution in [-0.4, -0.2) is 33.2 Å². The molecule has 7 nitrogen and oxygen atoms in total. The fourth-order valence-corrected chi connectivity index (χ4v) is 4.26. The van der Waals surface area contributed by atoms with Crippen LogP contribution in [0.2, 0.25) is 5.02 Å². The van der Waals surface area contributed by atoms with Gasteiger partial charge in [-0.1, -0.05) is 41.6 Å². The van der Waals surface area contributed by atoms with Gasteiger partial charge < -0.3 is 15.8 Å². The summed E-state index contributed by atoms with van der Waals surface area (Å²) >= 11 is 7.81. The Morgan fingerprint density at radius 2 is 2.11 bits per heavy atom. The molecule has 0 saturated carbocycles. The zero-order chi connectivity index (χ0) is 19.7. The molecule has 0 saturated heterocycles. The van der Waals surface area contributed by atoms with Crippen LogP contribution in [0.5, 0.6) is 0 Å². The number of benzene rings is 2. The van der Waals surface area contributed by atoms with Crippen molar-refractivity contribution in [2.24, 2.45) is 0 Å². The van der Waals surface area contributed by atoms with E-state index in [9.17, 15) is 4.79 Å². The molecule has 0 unspecified atom stereocenters.